The van der Waals surface area contributed by atoms with Gasteiger partial charge in [0.25, 0.3) is 0 Å². The molecule has 0 saturated heterocycles. The third-order valence-electron chi connectivity index (χ3n) is 3.55. The summed E-state index contributed by atoms with van der Waals surface area (Å²) in [6, 6.07) is 6.32. The quantitative estimate of drug-likeness (QED) is 0.615. The van der Waals surface area contributed by atoms with Crippen LogP contribution in [0.3, 0.4) is 0 Å². The maximum Gasteiger partial charge on any atom is 0.343 e. The van der Waals surface area contributed by atoms with Crippen LogP contribution in [0.2, 0.25) is 0 Å². The molecule has 0 fully saturated rings. The maximum absolute atomic E-state index is 12.3. The molecule has 0 radical (unpaired) electrons. The lowest BCUT2D eigenvalue weighted by molar-refractivity contribution is -0.115. The molecule has 1 aromatic carbocycles. The number of thioether (sulfide) groups is 1. The number of carbonyl (C=O) groups excluding carboxylic acids is 2. The molecule has 4 N–H and O–H groups in total. The van der Waals surface area contributed by atoms with E-state index in [1.54, 1.807) is 35.8 Å². The molecule has 0 bridgehead atoms. The monoisotopic (exact) mass is 363 g/mol. The molecule has 1 atom stereocenters. The fraction of sp³-hybridized carbons (Fsp3) is 0.375. The van der Waals surface area contributed by atoms with Gasteiger partial charge in [0.15, 0.2) is 5.16 Å². The number of rotatable bonds is 8. The molecule has 0 saturated carbocycles. The van der Waals surface area contributed by atoms with Crippen LogP contribution in [0.1, 0.15) is 37.0 Å². The molecule has 25 heavy (non-hydrogen) atoms. The SMILES string of the molecule is CCCCn1c(S[C@@H](C)C(=O)Nc2ccc(C(N)=O)cc2)n[nH]c1=O. The van der Waals surface area contributed by atoms with Crippen LogP contribution in [-0.4, -0.2) is 31.8 Å². The summed E-state index contributed by atoms with van der Waals surface area (Å²) in [7, 11) is 0. The largest absolute Gasteiger partial charge is 0.366 e. The number of amides is 2. The first-order valence-electron chi connectivity index (χ1n) is 7.95. The van der Waals surface area contributed by atoms with Crippen molar-refractivity contribution in [2.75, 3.05) is 5.32 Å². The predicted octanol–water partition coefficient (Wildman–Crippen LogP) is 1.59. The van der Waals surface area contributed by atoms with Crippen molar-refractivity contribution in [3.8, 4) is 0 Å². The minimum atomic E-state index is -0.523. The van der Waals surface area contributed by atoms with Crippen molar-refractivity contribution in [3.63, 3.8) is 0 Å². The maximum atomic E-state index is 12.3. The highest BCUT2D eigenvalue weighted by Gasteiger charge is 2.19. The summed E-state index contributed by atoms with van der Waals surface area (Å²) < 4.78 is 1.54. The van der Waals surface area contributed by atoms with Crippen LogP contribution in [-0.2, 0) is 11.3 Å². The van der Waals surface area contributed by atoms with Crippen LogP contribution in [0.15, 0.2) is 34.2 Å². The zero-order valence-electron chi connectivity index (χ0n) is 14.1. The minimum absolute atomic E-state index is 0.227. The number of hydrogen-bond acceptors (Lipinski definition) is 5. The molecule has 0 spiro atoms. The van der Waals surface area contributed by atoms with Gasteiger partial charge in [-0.15, -0.1) is 5.10 Å². The Hall–Kier alpha value is -2.55. The van der Waals surface area contributed by atoms with Crippen molar-refractivity contribution in [2.24, 2.45) is 5.73 Å². The van der Waals surface area contributed by atoms with E-state index >= 15 is 0 Å². The first-order valence-corrected chi connectivity index (χ1v) is 8.83. The second kappa shape index (κ2) is 8.52. The van der Waals surface area contributed by atoms with E-state index in [9.17, 15) is 14.4 Å². The number of aromatic amines is 1. The number of unbranched alkanes of at least 4 members (excludes halogenated alkanes) is 1. The molecule has 0 aliphatic rings. The number of hydrogen-bond donors (Lipinski definition) is 3. The van der Waals surface area contributed by atoms with Crippen molar-refractivity contribution < 1.29 is 9.59 Å². The Morgan fingerprint density at radius 2 is 2.04 bits per heavy atom. The standard InChI is InChI=1S/C16H21N5O3S/c1-3-4-9-21-15(24)19-20-16(21)25-10(2)14(23)18-12-7-5-11(6-8-12)13(17)22/h5-8,10H,3-4,9H2,1-2H3,(H2,17,22)(H,18,23)(H,19,24)/t10-/m0/s1. The molecule has 1 heterocycles. The van der Waals surface area contributed by atoms with Gasteiger partial charge >= 0.3 is 5.69 Å². The molecule has 0 aliphatic carbocycles. The lowest BCUT2D eigenvalue weighted by Crippen LogP contribution is -2.24. The zero-order chi connectivity index (χ0) is 18.4. The fourth-order valence-corrected chi connectivity index (χ4v) is 2.96. The highest BCUT2D eigenvalue weighted by molar-refractivity contribution is 8.00. The molecule has 9 heteroatoms. The molecular weight excluding hydrogens is 342 g/mol. The van der Waals surface area contributed by atoms with E-state index in [0.29, 0.717) is 23.0 Å². The number of nitrogens with zero attached hydrogens (tertiary/aromatic N) is 2. The third kappa shape index (κ3) is 4.96. The van der Waals surface area contributed by atoms with Gasteiger partial charge in [-0.1, -0.05) is 25.1 Å². The van der Waals surface area contributed by atoms with E-state index in [-0.39, 0.29) is 11.6 Å². The Labute approximate surface area is 149 Å². The molecule has 2 amide bonds. The summed E-state index contributed by atoms with van der Waals surface area (Å²) in [5, 5.41) is 9.20. The van der Waals surface area contributed by atoms with Gasteiger partial charge in [-0.05, 0) is 37.6 Å². The van der Waals surface area contributed by atoms with E-state index in [4.69, 9.17) is 5.73 Å². The van der Waals surface area contributed by atoms with Crippen LogP contribution in [0.5, 0.6) is 0 Å². The molecule has 0 aliphatic heterocycles. The molecule has 2 aromatic rings. The smallest absolute Gasteiger partial charge is 0.343 e. The average Bonchev–Trinajstić information content (AvgIpc) is 2.93. The Bertz CT molecular complexity index is 797. The molecule has 134 valence electrons. The normalized spacial score (nSPS) is 11.9. The molecule has 2 rings (SSSR count). The summed E-state index contributed by atoms with van der Waals surface area (Å²) in [6.45, 7) is 4.34. The summed E-state index contributed by atoms with van der Waals surface area (Å²) in [6.07, 6.45) is 1.82. The molecular formula is C16H21N5O3S. The Morgan fingerprint density at radius 3 is 2.64 bits per heavy atom. The van der Waals surface area contributed by atoms with E-state index in [2.05, 4.69) is 15.5 Å². The fourth-order valence-electron chi connectivity index (χ4n) is 2.08. The number of carbonyl (C=O) groups is 2. The van der Waals surface area contributed by atoms with Gasteiger partial charge in [0.2, 0.25) is 11.8 Å². The second-order valence-corrected chi connectivity index (χ2v) is 6.82. The van der Waals surface area contributed by atoms with Crippen molar-refractivity contribution in [2.45, 2.75) is 43.6 Å². The van der Waals surface area contributed by atoms with Gasteiger partial charge in [-0.25, -0.2) is 9.89 Å². The van der Waals surface area contributed by atoms with Crippen LogP contribution >= 0.6 is 11.8 Å². The first kappa shape index (κ1) is 18.8. The van der Waals surface area contributed by atoms with Gasteiger partial charge < -0.3 is 11.1 Å². The van der Waals surface area contributed by atoms with Crippen molar-refractivity contribution >= 4 is 29.3 Å². The Kier molecular flexibility index (Phi) is 6.40. The second-order valence-electron chi connectivity index (χ2n) is 5.51. The third-order valence-corrected chi connectivity index (χ3v) is 4.64. The van der Waals surface area contributed by atoms with E-state index in [1.807, 2.05) is 6.92 Å². The van der Waals surface area contributed by atoms with E-state index in [1.165, 1.54) is 11.8 Å². The summed E-state index contributed by atoms with van der Waals surface area (Å²) in [4.78, 5) is 35.1. The van der Waals surface area contributed by atoms with Gasteiger partial charge in [0.05, 0.1) is 5.25 Å². The lowest BCUT2D eigenvalue weighted by atomic mass is 10.2. The molecule has 0 unspecified atom stereocenters. The number of nitrogens with one attached hydrogen (secondary N) is 2. The molecule has 1 aromatic heterocycles. The van der Waals surface area contributed by atoms with Crippen LogP contribution < -0.4 is 16.7 Å². The van der Waals surface area contributed by atoms with Crippen molar-refractivity contribution in [1.29, 1.82) is 0 Å². The topological polar surface area (TPSA) is 123 Å². The minimum Gasteiger partial charge on any atom is -0.366 e. The first-order chi connectivity index (χ1) is 11.9. The summed E-state index contributed by atoms with van der Waals surface area (Å²) in [5.74, 6) is -0.750. The lowest BCUT2D eigenvalue weighted by Gasteiger charge is -2.12. The van der Waals surface area contributed by atoms with Crippen molar-refractivity contribution in [3.05, 3.63) is 40.3 Å². The highest BCUT2D eigenvalue weighted by Crippen LogP contribution is 2.21. The number of nitrogens with two attached hydrogens (primary N) is 1. The van der Waals surface area contributed by atoms with Gasteiger partial charge in [0.1, 0.15) is 0 Å². The average molecular weight is 363 g/mol. The van der Waals surface area contributed by atoms with Crippen molar-refractivity contribution in [1.82, 2.24) is 14.8 Å². The number of benzene rings is 1. The Morgan fingerprint density at radius 1 is 1.36 bits per heavy atom. The number of anilines is 1. The Balaban J connectivity index is 2.01. The van der Waals surface area contributed by atoms with Gasteiger partial charge in [-0.3, -0.25) is 14.2 Å². The van der Waals surface area contributed by atoms with Crippen LogP contribution in [0, 0.1) is 0 Å². The highest BCUT2D eigenvalue weighted by atomic mass is 32.2. The summed E-state index contributed by atoms with van der Waals surface area (Å²) >= 11 is 1.21. The predicted molar refractivity (Wildman–Crippen MR) is 96.7 cm³/mol. The number of primary amides is 1. The summed E-state index contributed by atoms with van der Waals surface area (Å²) in [5.41, 5.74) is 5.85. The molecule has 8 nitrogen and oxygen atoms in total. The van der Waals surface area contributed by atoms with Gasteiger partial charge in [0, 0.05) is 17.8 Å². The van der Waals surface area contributed by atoms with Crippen LogP contribution in [0.25, 0.3) is 0 Å². The number of H-pyrrole nitrogens is 1. The van der Waals surface area contributed by atoms with E-state index in [0.717, 1.165) is 12.8 Å². The zero-order valence-corrected chi connectivity index (χ0v) is 14.9. The number of aromatic nitrogens is 3. The van der Waals surface area contributed by atoms with Crippen LogP contribution in [0.4, 0.5) is 5.69 Å². The van der Waals surface area contributed by atoms with E-state index < -0.39 is 11.2 Å². The van der Waals surface area contributed by atoms with Gasteiger partial charge in [-0.2, -0.15) is 0 Å².